The summed E-state index contributed by atoms with van der Waals surface area (Å²) >= 11 is 1.47. The van der Waals surface area contributed by atoms with E-state index in [0.29, 0.717) is 5.13 Å². The Morgan fingerprint density at radius 2 is 1.86 bits per heavy atom. The summed E-state index contributed by atoms with van der Waals surface area (Å²) in [6, 6.07) is 4.01. The van der Waals surface area contributed by atoms with Crippen molar-refractivity contribution in [2.75, 3.05) is 26.0 Å². The van der Waals surface area contributed by atoms with Crippen LogP contribution in [0.25, 0.3) is 0 Å². The van der Waals surface area contributed by atoms with Crippen LogP contribution >= 0.6 is 11.3 Å². The molecule has 0 fully saturated rings. The zero-order valence-electron chi connectivity index (χ0n) is 17.1. The standard InChI is InChI=1S/C20H28N6OS/c1-6-16(14-25(3)4)13-19(27)26(5)20-24-23-18(28-20)10-8-7-9-17-12-11-15(2)21-22-17/h6,11-12,14H,1,7-10,13H2,2-5H3/b16-14+. The Hall–Kier alpha value is -2.61. The normalized spacial score (nSPS) is 11.4. The molecule has 0 aromatic carbocycles. The van der Waals surface area contributed by atoms with Crippen LogP contribution in [0.3, 0.4) is 0 Å². The molecule has 8 heteroatoms. The number of unbranched alkanes of at least 4 members (excludes halogenated alkanes) is 1. The molecule has 2 rings (SSSR count). The maximum Gasteiger partial charge on any atom is 0.233 e. The lowest BCUT2D eigenvalue weighted by Gasteiger charge is -2.14. The average molecular weight is 401 g/mol. The van der Waals surface area contributed by atoms with Crippen LogP contribution in [0.4, 0.5) is 5.13 Å². The highest BCUT2D eigenvalue weighted by atomic mass is 32.1. The quantitative estimate of drug-likeness (QED) is 0.450. The van der Waals surface area contributed by atoms with Crippen LogP contribution in [-0.4, -0.2) is 52.3 Å². The van der Waals surface area contributed by atoms with Crippen molar-refractivity contribution in [1.82, 2.24) is 25.3 Å². The van der Waals surface area contributed by atoms with Crippen molar-refractivity contribution in [3.8, 4) is 0 Å². The molecule has 28 heavy (non-hydrogen) atoms. The van der Waals surface area contributed by atoms with Gasteiger partial charge in [0.15, 0.2) is 0 Å². The minimum absolute atomic E-state index is 0.0337. The molecule has 150 valence electrons. The Kier molecular flexibility index (Phi) is 8.25. The van der Waals surface area contributed by atoms with Crippen LogP contribution < -0.4 is 4.90 Å². The first-order chi connectivity index (χ1) is 13.4. The topological polar surface area (TPSA) is 75.1 Å². The monoisotopic (exact) mass is 400 g/mol. The third-order valence-corrected chi connectivity index (χ3v) is 5.14. The second kappa shape index (κ2) is 10.7. The van der Waals surface area contributed by atoms with Gasteiger partial charge in [-0.05, 0) is 43.9 Å². The highest BCUT2D eigenvalue weighted by molar-refractivity contribution is 7.15. The fourth-order valence-electron chi connectivity index (χ4n) is 2.53. The van der Waals surface area contributed by atoms with Crippen molar-refractivity contribution in [3.63, 3.8) is 0 Å². The molecule has 0 aliphatic heterocycles. The number of rotatable bonds is 10. The van der Waals surface area contributed by atoms with E-state index in [1.54, 1.807) is 18.0 Å². The maximum absolute atomic E-state index is 12.5. The Morgan fingerprint density at radius 3 is 2.50 bits per heavy atom. The summed E-state index contributed by atoms with van der Waals surface area (Å²) in [4.78, 5) is 16.0. The summed E-state index contributed by atoms with van der Waals surface area (Å²) in [7, 11) is 5.57. The Balaban J connectivity index is 1.82. The number of aryl methyl sites for hydroxylation is 3. The highest BCUT2D eigenvalue weighted by Gasteiger charge is 2.16. The van der Waals surface area contributed by atoms with Gasteiger partial charge in [0.2, 0.25) is 11.0 Å². The third kappa shape index (κ3) is 6.84. The Morgan fingerprint density at radius 1 is 1.11 bits per heavy atom. The number of hydrogen-bond acceptors (Lipinski definition) is 7. The van der Waals surface area contributed by atoms with Gasteiger partial charge in [-0.15, -0.1) is 10.2 Å². The molecule has 2 aromatic rings. The second-order valence-corrected chi connectivity index (χ2v) is 7.89. The lowest BCUT2D eigenvalue weighted by molar-refractivity contribution is -0.117. The zero-order chi connectivity index (χ0) is 20.5. The lowest BCUT2D eigenvalue weighted by Crippen LogP contribution is -2.26. The van der Waals surface area contributed by atoms with Gasteiger partial charge in [-0.3, -0.25) is 9.69 Å². The predicted octanol–water partition coefficient (Wildman–Crippen LogP) is 3.19. The molecule has 0 bridgehead atoms. The van der Waals surface area contributed by atoms with Crippen molar-refractivity contribution in [2.24, 2.45) is 0 Å². The molecule has 0 unspecified atom stereocenters. The van der Waals surface area contributed by atoms with Crippen LogP contribution in [0.5, 0.6) is 0 Å². The summed E-state index contributed by atoms with van der Waals surface area (Å²) in [5.74, 6) is -0.0337. The highest BCUT2D eigenvalue weighted by Crippen LogP contribution is 2.22. The molecule has 0 saturated heterocycles. The number of nitrogens with zero attached hydrogens (tertiary/aromatic N) is 6. The van der Waals surface area contributed by atoms with Crippen molar-refractivity contribution in [3.05, 3.63) is 53.0 Å². The summed E-state index contributed by atoms with van der Waals surface area (Å²) in [5, 5.41) is 18.2. The first-order valence-corrected chi connectivity index (χ1v) is 10.1. The van der Waals surface area contributed by atoms with Gasteiger partial charge in [-0.2, -0.15) is 10.2 Å². The molecule has 0 aliphatic rings. The predicted molar refractivity (Wildman–Crippen MR) is 113 cm³/mol. The molecule has 0 aliphatic carbocycles. The van der Waals surface area contributed by atoms with Crippen LogP contribution in [-0.2, 0) is 17.6 Å². The molecule has 1 amide bonds. The lowest BCUT2D eigenvalue weighted by atomic mass is 10.1. The number of allylic oxidation sites excluding steroid dienone is 1. The van der Waals surface area contributed by atoms with Gasteiger partial charge in [0.1, 0.15) is 5.01 Å². The van der Waals surface area contributed by atoms with E-state index in [0.717, 1.165) is 47.7 Å². The van der Waals surface area contributed by atoms with Crippen molar-refractivity contribution in [1.29, 1.82) is 0 Å². The van der Waals surface area contributed by atoms with E-state index in [9.17, 15) is 4.79 Å². The largest absolute Gasteiger partial charge is 0.383 e. The van der Waals surface area contributed by atoms with Crippen molar-refractivity contribution >= 4 is 22.4 Å². The summed E-state index contributed by atoms with van der Waals surface area (Å²) in [5.41, 5.74) is 2.81. The number of hydrogen-bond donors (Lipinski definition) is 0. The second-order valence-electron chi connectivity index (χ2n) is 6.85. The molecule has 0 saturated carbocycles. The molecule has 0 radical (unpaired) electrons. The molecule has 2 heterocycles. The zero-order valence-corrected chi connectivity index (χ0v) is 17.9. The van der Waals surface area contributed by atoms with Gasteiger partial charge < -0.3 is 4.90 Å². The van der Waals surface area contributed by atoms with Crippen LogP contribution in [0.15, 0.2) is 36.6 Å². The smallest absolute Gasteiger partial charge is 0.233 e. The first-order valence-electron chi connectivity index (χ1n) is 9.26. The molecule has 0 atom stereocenters. The van der Waals surface area contributed by atoms with Gasteiger partial charge in [0.25, 0.3) is 0 Å². The summed E-state index contributed by atoms with van der Waals surface area (Å²) in [6.07, 6.45) is 7.63. The van der Waals surface area contributed by atoms with Gasteiger partial charge in [-0.1, -0.05) is 24.0 Å². The van der Waals surface area contributed by atoms with E-state index in [-0.39, 0.29) is 12.3 Å². The van der Waals surface area contributed by atoms with Gasteiger partial charge in [0, 0.05) is 33.8 Å². The minimum atomic E-state index is -0.0337. The molecule has 2 aromatic heterocycles. The number of carbonyl (C=O) groups is 1. The van der Waals surface area contributed by atoms with E-state index in [1.807, 2.05) is 44.3 Å². The third-order valence-electron chi connectivity index (χ3n) is 4.09. The molecule has 0 N–H and O–H groups in total. The van der Waals surface area contributed by atoms with E-state index in [2.05, 4.69) is 27.0 Å². The fourth-order valence-corrected chi connectivity index (χ4v) is 3.38. The van der Waals surface area contributed by atoms with Crippen molar-refractivity contribution in [2.45, 2.75) is 39.0 Å². The van der Waals surface area contributed by atoms with Crippen LogP contribution in [0.1, 0.15) is 35.7 Å². The van der Waals surface area contributed by atoms with Crippen molar-refractivity contribution < 1.29 is 4.79 Å². The SMILES string of the molecule is C=C/C(=C\N(C)C)CC(=O)N(C)c1nnc(CCCCc2ccc(C)nn2)s1. The Labute approximate surface area is 170 Å². The van der Waals surface area contributed by atoms with Crippen LogP contribution in [0, 0.1) is 6.92 Å². The number of anilines is 1. The van der Waals surface area contributed by atoms with Crippen LogP contribution in [0.2, 0.25) is 0 Å². The summed E-state index contributed by atoms with van der Waals surface area (Å²) < 4.78 is 0. The molecule has 0 spiro atoms. The van der Waals surface area contributed by atoms with E-state index in [4.69, 9.17) is 0 Å². The number of carbonyl (C=O) groups excluding carboxylic acids is 1. The fraction of sp³-hybridized carbons (Fsp3) is 0.450. The minimum Gasteiger partial charge on any atom is -0.383 e. The van der Waals surface area contributed by atoms with Gasteiger partial charge in [-0.25, -0.2) is 0 Å². The first kappa shape index (κ1) is 21.7. The summed E-state index contributed by atoms with van der Waals surface area (Å²) in [6.45, 7) is 5.70. The molecular weight excluding hydrogens is 372 g/mol. The van der Waals surface area contributed by atoms with E-state index in [1.165, 1.54) is 11.3 Å². The molecule has 7 nitrogen and oxygen atoms in total. The number of amides is 1. The average Bonchev–Trinajstić information content (AvgIpc) is 3.14. The molecular formula is C20H28N6OS. The Bertz CT molecular complexity index is 812. The van der Waals surface area contributed by atoms with Gasteiger partial charge >= 0.3 is 0 Å². The number of aromatic nitrogens is 4. The van der Waals surface area contributed by atoms with Gasteiger partial charge in [0.05, 0.1) is 17.8 Å². The van der Waals surface area contributed by atoms with E-state index < -0.39 is 0 Å². The van der Waals surface area contributed by atoms with E-state index >= 15 is 0 Å². The maximum atomic E-state index is 12.5.